The van der Waals surface area contributed by atoms with Crippen LogP contribution in [-0.2, 0) is 24.3 Å². The SMILES string of the molecule is CC(=O)N1CCCC(c2nnc3n2CCN(Cc2ccc(C(C)C)cc2)CC3)C1. The number of amides is 1. The number of benzene rings is 1. The highest BCUT2D eigenvalue weighted by Crippen LogP contribution is 2.27. The molecule has 1 saturated heterocycles. The zero-order valence-electron chi connectivity index (χ0n) is 18.0. The fourth-order valence-corrected chi connectivity index (χ4v) is 4.59. The summed E-state index contributed by atoms with van der Waals surface area (Å²) in [5.74, 6) is 3.22. The van der Waals surface area contributed by atoms with Crippen LogP contribution in [0.1, 0.15) is 68.2 Å². The molecule has 1 aromatic heterocycles. The van der Waals surface area contributed by atoms with E-state index in [1.807, 2.05) is 4.90 Å². The second-order valence-corrected chi connectivity index (χ2v) is 8.85. The van der Waals surface area contributed by atoms with Gasteiger partial charge >= 0.3 is 0 Å². The van der Waals surface area contributed by atoms with Crippen LogP contribution in [0.25, 0.3) is 0 Å². The van der Waals surface area contributed by atoms with E-state index in [-0.39, 0.29) is 5.91 Å². The Balaban J connectivity index is 1.41. The second kappa shape index (κ2) is 8.66. The number of aromatic nitrogens is 3. The third-order valence-corrected chi connectivity index (χ3v) is 6.43. The van der Waals surface area contributed by atoms with Crippen LogP contribution in [0.15, 0.2) is 24.3 Å². The third-order valence-electron chi connectivity index (χ3n) is 6.43. The Morgan fingerprint density at radius 1 is 1.10 bits per heavy atom. The van der Waals surface area contributed by atoms with E-state index in [4.69, 9.17) is 0 Å². The molecule has 2 aliphatic heterocycles. The van der Waals surface area contributed by atoms with Crippen LogP contribution in [0.3, 0.4) is 0 Å². The maximum Gasteiger partial charge on any atom is 0.219 e. The maximum atomic E-state index is 11.8. The minimum absolute atomic E-state index is 0.167. The smallest absolute Gasteiger partial charge is 0.219 e. The average molecular weight is 396 g/mol. The van der Waals surface area contributed by atoms with E-state index in [1.165, 1.54) is 11.1 Å². The molecular weight excluding hydrogens is 362 g/mol. The number of piperidine rings is 1. The fourth-order valence-electron chi connectivity index (χ4n) is 4.59. The lowest BCUT2D eigenvalue weighted by Gasteiger charge is -2.31. The van der Waals surface area contributed by atoms with Gasteiger partial charge in [-0.25, -0.2) is 0 Å². The monoisotopic (exact) mass is 395 g/mol. The molecule has 0 aliphatic carbocycles. The molecule has 0 bridgehead atoms. The first-order chi connectivity index (χ1) is 14.0. The normalized spacial score (nSPS) is 20.6. The van der Waals surface area contributed by atoms with Crippen molar-refractivity contribution in [1.82, 2.24) is 24.6 Å². The van der Waals surface area contributed by atoms with Crippen LogP contribution >= 0.6 is 0 Å². The van der Waals surface area contributed by atoms with Crippen molar-refractivity contribution in [2.45, 2.75) is 65.0 Å². The Labute approximate surface area is 173 Å². The maximum absolute atomic E-state index is 11.8. The Hall–Kier alpha value is -2.21. The summed E-state index contributed by atoms with van der Waals surface area (Å²) in [6, 6.07) is 9.05. The van der Waals surface area contributed by atoms with Crippen LogP contribution in [0.2, 0.25) is 0 Å². The lowest BCUT2D eigenvalue weighted by Crippen LogP contribution is -2.38. The summed E-state index contributed by atoms with van der Waals surface area (Å²) in [5, 5.41) is 9.07. The van der Waals surface area contributed by atoms with Gasteiger partial charge in [-0.2, -0.15) is 0 Å². The van der Waals surface area contributed by atoms with Gasteiger partial charge < -0.3 is 9.47 Å². The third kappa shape index (κ3) is 4.53. The summed E-state index contributed by atoms with van der Waals surface area (Å²) in [6.45, 7) is 11.7. The topological polar surface area (TPSA) is 54.3 Å². The van der Waals surface area contributed by atoms with Crippen LogP contribution in [-0.4, -0.2) is 56.7 Å². The minimum atomic E-state index is 0.167. The second-order valence-electron chi connectivity index (χ2n) is 8.85. The van der Waals surface area contributed by atoms with Crippen LogP contribution < -0.4 is 0 Å². The van der Waals surface area contributed by atoms with Crippen molar-refractivity contribution < 1.29 is 4.79 Å². The standard InChI is InChI=1S/C23H33N5O/c1-17(2)20-8-6-19(7-9-20)15-26-12-10-22-24-25-23(28(22)14-13-26)21-5-4-11-27(16-21)18(3)29/h6-9,17,21H,4-5,10-16H2,1-3H3. The molecule has 1 atom stereocenters. The molecule has 1 amide bonds. The molecule has 0 N–H and O–H groups in total. The quantitative estimate of drug-likeness (QED) is 0.798. The number of carbonyl (C=O) groups is 1. The molecule has 2 aromatic rings. The summed E-state index contributed by atoms with van der Waals surface area (Å²) in [6.07, 6.45) is 3.07. The Morgan fingerprint density at radius 3 is 2.62 bits per heavy atom. The highest BCUT2D eigenvalue weighted by Gasteiger charge is 2.29. The first-order valence-electron chi connectivity index (χ1n) is 11.0. The van der Waals surface area contributed by atoms with Gasteiger partial charge in [0.2, 0.25) is 5.91 Å². The first kappa shape index (κ1) is 20.1. The molecule has 156 valence electrons. The summed E-state index contributed by atoms with van der Waals surface area (Å²) in [4.78, 5) is 16.3. The summed E-state index contributed by atoms with van der Waals surface area (Å²) in [5.41, 5.74) is 2.77. The van der Waals surface area contributed by atoms with Crippen molar-refractivity contribution in [2.24, 2.45) is 0 Å². The van der Waals surface area contributed by atoms with Crippen molar-refractivity contribution in [1.29, 1.82) is 0 Å². The van der Waals surface area contributed by atoms with E-state index in [0.717, 1.165) is 70.2 Å². The molecule has 0 radical (unpaired) electrons. The van der Waals surface area contributed by atoms with E-state index in [2.05, 4.69) is 57.8 Å². The highest BCUT2D eigenvalue weighted by atomic mass is 16.2. The van der Waals surface area contributed by atoms with Crippen molar-refractivity contribution in [2.75, 3.05) is 26.2 Å². The van der Waals surface area contributed by atoms with Gasteiger partial charge in [0.1, 0.15) is 11.6 Å². The van der Waals surface area contributed by atoms with E-state index in [0.29, 0.717) is 11.8 Å². The lowest BCUT2D eigenvalue weighted by atomic mass is 9.97. The number of carbonyl (C=O) groups excluding carboxylic acids is 1. The predicted molar refractivity (Wildman–Crippen MR) is 114 cm³/mol. The van der Waals surface area contributed by atoms with Crippen molar-refractivity contribution in [3.8, 4) is 0 Å². The molecule has 1 fully saturated rings. The summed E-state index contributed by atoms with van der Waals surface area (Å²) in [7, 11) is 0. The van der Waals surface area contributed by atoms with Gasteiger partial charge in [-0.1, -0.05) is 38.1 Å². The Kier molecular flexibility index (Phi) is 5.99. The molecule has 1 unspecified atom stereocenters. The molecule has 0 spiro atoms. The number of hydrogen-bond acceptors (Lipinski definition) is 4. The van der Waals surface area contributed by atoms with Crippen molar-refractivity contribution in [3.05, 3.63) is 47.0 Å². The van der Waals surface area contributed by atoms with Gasteiger partial charge in [-0.3, -0.25) is 9.69 Å². The summed E-state index contributed by atoms with van der Waals surface area (Å²) < 4.78 is 2.33. The van der Waals surface area contributed by atoms with Crippen LogP contribution in [0.5, 0.6) is 0 Å². The van der Waals surface area contributed by atoms with Gasteiger partial charge in [0, 0.05) is 58.5 Å². The van der Waals surface area contributed by atoms with Gasteiger partial charge in [-0.15, -0.1) is 10.2 Å². The molecule has 29 heavy (non-hydrogen) atoms. The number of fused-ring (bicyclic) bond motifs is 1. The number of rotatable bonds is 4. The number of hydrogen-bond donors (Lipinski definition) is 0. The predicted octanol–water partition coefficient (Wildman–Crippen LogP) is 3.19. The minimum Gasteiger partial charge on any atom is -0.342 e. The van der Waals surface area contributed by atoms with Crippen molar-refractivity contribution in [3.63, 3.8) is 0 Å². The number of nitrogens with zero attached hydrogens (tertiary/aromatic N) is 5. The van der Waals surface area contributed by atoms with Crippen LogP contribution in [0, 0.1) is 0 Å². The van der Waals surface area contributed by atoms with Crippen LogP contribution in [0.4, 0.5) is 0 Å². The van der Waals surface area contributed by atoms with E-state index in [1.54, 1.807) is 6.92 Å². The Morgan fingerprint density at radius 2 is 1.90 bits per heavy atom. The molecule has 0 saturated carbocycles. The molecule has 4 rings (SSSR count). The number of likely N-dealkylation sites (tertiary alicyclic amines) is 1. The lowest BCUT2D eigenvalue weighted by molar-refractivity contribution is -0.130. The van der Waals surface area contributed by atoms with Gasteiger partial charge in [0.15, 0.2) is 0 Å². The molecule has 6 heteroatoms. The zero-order valence-corrected chi connectivity index (χ0v) is 18.0. The van der Waals surface area contributed by atoms with Gasteiger partial charge in [-0.05, 0) is 29.9 Å². The first-order valence-corrected chi connectivity index (χ1v) is 11.0. The van der Waals surface area contributed by atoms with E-state index >= 15 is 0 Å². The largest absolute Gasteiger partial charge is 0.342 e. The average Bonchev–Trinajstić information content (AvgIpc) is 3.03. The molecule has 3 heterocycles. The highest BCUT2D eigenvalue weighted by molar-refractivity contribution is 5.73. The molecule has 1 aromatic carbocycles. The van der Waals surface area contributed by atoms with Gasteiger partial charge in [0.05, 0.1) is 0 Å². The van der Waals surface area contributed by atoms with Crippen molar-refractivity contribution >= 4 is 5.91 Å². The Bertz CT molecular complexity index is 841. The summed E-state index contributed by atoms with van der Waals surface area (Å²) >= 11 is 0. The molecular formula is C23H33N5O. The van der Waals surface area contributed by atoms with E-state index in [9.17, 15) is 4.79 Å². The molecule has 6 nitrogen and oxygen atoms in total. The fraction of sp³-hybridized carbons (Fsp3) is 0.609. The zero-order chi connectivity index (χ0) is 20.4. The van der Waals surface area contributed by atoms with Gasteiger partial charge in [0.25, 0.3) is 0 Å². The van der Waals surface area contributed by atoms with E-state index < -0.39 is 0 Å². The molecule has 2 aliphatic rings.